The van der Waals surface area contributed by atoms with Crippen LogP contribution in [-0.2, 0) is 23.7 Å². The molecule has 0 aliphatic carbocycles. The first-order chi connectivity index (χ1) is 11.0. The highest BCUT2D eigenvalue weighted by Gasteiger charge is 2.39. The summed E-state index contributed by atoms with van der Waals surface area (Å²) in [4.78, 5) is 19.2. The van der Waals surface area contributed by atoms with E-state index in [9.17, 15) is 31.1 Å². The van der Waals surface area contributed by atoms with E-state index in [0.717, 1.165) is 0 Å². The van der Waals surface area contributed by atoms with E-state index in [1.807, 2.05) is 4.84 Å². The number of halogens is 7. The second-order valence-electron chi connectivity index (χ2n) is 4.69. The third-order valence-corrected chi connectivity index (χ3v) is 3.08. The van der Waals surface area contributed by atoms with E-state index >= 15 is 0 Å². The summed E-state index contributed by atoms with van der Waals surface area (Å²) in [6, 6.07) is 0.534. The molecule has 0 aliphatic rings. The maximum atomic E-state index is 13.0. The van der Waals surface area contributed by atoms with Crippen molar-refractivity contribution in [1.29, 1.82) is 0 Å². The standard InChI is InChI=1S/C12H9ClF6N4O/c13-21-4-9(24)20-3-8-22-7-2-5(11(14,15)16)1-6(10(7)23-8)12(17,18)19/h1-2,21H,3-4H2,(H,20,24)(H,22,23). The fraction of sp³-hybridized carbons (Fsp3) is 0.333. The van der Waals surface area contributed by atoms with Gasteiger partial charge in [-0.3, -0.25) is 4.79 Å². The molecule has 5 nitrogen and oxygen atoms in total. The van der Waals surface area contributed by atoms with Crippen LogP contribution in [0.5, 0.6) is 0 Å². The van der Waals surface area contributed by atoms with E-state index < -0.39 is 40.4 Å². The molecule has 0 radical (unpaired) electrons. The molecular formula is C12H9ClF6N4O. The van der Waals surface area contributed by atoms with Crippen molar-refractivity contribution in [3.8, 4) is 0 Å². The molecule has 1 amide bonds. The monoisotopic (exact) mass is 374 g/mol. The second-order valence-corrected chi connectivity index (χ2v) is 4.95. The Morgan fingerprint density at radius 2 is 1.83 bits per heavy atom. The first-order valence-electron chi connectivity index (χ1n) is 6.29. The largest absolute Gasteiger partial charge is 0.418 e. The van der Waals surface area contributed by atoms with Gasteiger partial charge in [0.05, 0.1) is 29.7 Å². The molecule has 12 heteroatoms. The smallest absolute Gasteiger partial charge is 0.348 e. The number of benzene rings is 1. The normalized spacial score (nSPS) is 12.6. The van der Waals surface area contributed by atoms with Gasteiger partial charge in [0, 0.05) is 0 Å². The minimum Gasteiger partial charge on any atom is -0.348 e. The van der Waals surface area contributed by atoms with E-state index in [2.05, 4.69) is 15.3 Å². The Morgan fingerprint density at radius 1 is 1.17 bits per heavy atom. The predicted molar refractivity (Wildman–Crippen MR) is 71.8 cm³/mol. The van der Waals surface area contributed by atoms with Gasteiger partial charge in [0.2, 0.25) is 5.91 Å². The molecule has 0 atom stereocenters. The quantitative estimate of drug-likeness (QED) is 0.569. The van der Waals surface area contributed by atoms with E-state index in [1.165, 1.54) is 0 Å². The van der Waals surface area contributed by atoms with Crippen molar-refractivity contribution in [2.24, 2.45) is 0 Å². The average molecular weight is 375 g/mol. The summed E-state index contributed by atoms with van der Waals surface area (Å²) in [6.07, 6.45) is -9.96. The molecule has 1 aromatic carbocycles. The number of amides is 1. The molecule has 0 aliphatic heterocycles. The van der Waals surface area contributed by atoms with Crippen molar-refractivity contribution in [1.82, 2.24) is 20.1 Å². The first kappa shape index (κ1) is 18.3. The van der Waals surface area contributed by atoms with E-state index in [1.54, 1.807) is 0 Å². The van der Waals surface area contributed by atoms with Crippen molar-refractivity contribution in [3.05, 3.63) is 29.1 Å². The zero-order valence-corrected chi connectivity index (χ0v) is 12.3. The number of hydrogen-bond donors (Lipinski definition) is 3. The number of carbonyl (C=O) groups is 1. The predicted octanol–water partition coefficient (Wildman–Crippen LogP) is 2.96. The maximum absolute atomic E-state index is 13.0. The van der Waals surface area contributed by atoms with Crippen molar-refractivity contribution >= 4 is 28.7 Å². The molecule has 0 bridgehead atoms. The molecule has 1 aromatic heterocycles. The minimum absolute atomic E-state index is 0.00293. The van der Waals surface area contributed by atoms with Crippen LogP contribution in [0.3, 0.4) is 0 Å². The van der Waals surface area contributed by atoms with Gasteiger partial charge < -0.3 is 10.3 Å². The number of carbonyl (C=O) groups excluding carboxylic acids is 1. The number of nitrogens with one attached hydrogen (secondary N) is 3. The summed E-state index contributed by atoms with van der Waals surface area (Å²) >= 11 is 5.11. The molecule has 2 rings (SSSR count). The lowest BCUT2D eigenvalue weighted by atomic mass is 10.1. The van der Waals surface area contributed by atoms with Crippen LogP contribution in [0.15, 0.2) is 12.1 Å². The van der Waals surface area contributed by atoms with Crippen LogP contribution in [0.25, 0.3) is 11.0 Å². The van der Waals surface area contributed by atoms with Crippen LogP contribution in [0.2, 0.25) is 0 Å². The fourth-order valence-electron chi connectivity index (χ4n) is 1.94. The fourth-order valence-corrected chi connectivity index (χ4v) is 2.06. The number of rotatable bonds is 4. The van der Waals surface area contributed by atoms with Gasteiger partial charge in [-0.1, -0.05) is 0 Å². The van der Waals surface area contributed by atoms with Crippen molar-refractivity contribution in [3.63, 3.8) is 0 Å². The Kier molecular flexibility index (Phi) is 4.95. The summed E-state index contributed by atoms with van der Waals surface area (Å²) < 4.78 is 77.2. The van der Waals surface area contributed by atoms with E-state index in [0.29, 0.717) is 6.07 Å². The van der Waals surface area contributed by atoms with Crippen LogP contribution in [0.1, 0.15) is 17.0 Å². The topological polar surface area (TPSA) is 69.8 Å². The van der Waals surface area contributed by atoms with Gasteiger partial charge in [-0.2, -0.15) is 26.3 Å². The zero-order valence-electron chi connectivity index (χ0n) is 11.6. The van der Waals surface area contributed by atoms with Gasteiger partial charge in [0.1, 0.15) is 11.3 Å². The van der Waals surface area contributed by atoms with Crippen LogP contribution in [0, 0.1) is 0 Å². The van der Waals surface area contributed by atoms with Crippen LogP contribution < -0.4 is 10.2 Å². The zero-order chi connectivity index (χ0) is 18.1. The Bertz CT molecular complexity index is 754. The molecule has 0 saturated carbocycles. The summed E-state index contributed by atoms with van der Waals surface area (Å²) in [6.45, 7) is -0.557. The Morgan fingerprint density at radius 3 is 2.38 bits per heavy atom. The Hall–Kier alpha value is -2.01. The van der Waals surface area contributed by atoms with Gasteiger partial charge in [0.15, 0.2) is 0 Å². The molecule has 0 spiro atoms. The number of alkyl halides is 6. The molecule has 24 heavy (non-hydrogen) atoms. The van der Waals surface area contributed by atoms with Gasteiger partial charge >= 0.3 is 12.4 Å². The number of H-pyrrole nitrogens is 1. The molecule has 2 aromatic rings. The third-order valence-electron chi connectivity index (χ3n) is 2.95. The van der Waals surface area contributed by atoms with Crippen molar-refractivity contribution in [2.45, 2.75) is 18.9 Å². The summed E-state index contributed by atoms with van der Waals surface area (Å²) in [7, 11) is 0. The van der Waals surface area contributed by atoms with Crippen LogP contribution >= 0.6 is 11.8 Å². The van der Waals surface area contributed by atoms with Gasteiger partial charge in [0.25, 0.3) is 0 Å². The molecule has 132 valence electrons. The van der Waals surface area contributed by atoms with E-state index in [4.69, 9.17) is 11.8 Å². The van der Waals surface area contributed by atoms with Crippen LogP contribution in [-0.4, -0.2) is 22.4 Å². The highest BCUT2D eigenvalue weighted by atomic mass is 35.5. The van der Waals surface area contributed by atoms with E-state index in [-0.39, 0.29) is 25.0 Å². The average Bonchev–Trinajstić information content (AvgIpc) is 2.85. The Labute approximate surface area is 135 Å². The lowest BCUT2D eigenvalue weighted by Crippen LogP contribution is -2.30. The third kappa shape index (κ3) is 4.09. The number of aromatic nitrogens is 2. The lowest BCUT2D eigenvalue weighted by Gasteiger charge is -2.11. The van der Waals surface area contributed by atoms with Gasteiger partial charge in [-0.05, 0) is 23.9 Å². The van der Waals surface area contributed by atoms with Crippen molar-refractivity contribution < 1.29 is 31.1 Å². The van der Waals surface area contributed by atoms with Crippen molar-refractivity contribution in [2.75, 3.05) is 6.54 Å². The molecule has 0 saturated heterocycles. The molecule has 0 fully saturated rings. The number of imidazole rings is 1. The summed E-state index contributed by atoms with van der Waals surface area (Å²) in [5.74, 6) is -0.699. The first-order valence-corrected chi connectivity index (χ1v) is 6.67. The second kappa shape index (κ2) is 6.48. The number of aromatic amines is 1. The highest BCUT2D eigenvalue weighted by Crippen LogP contribution is 2.39. The molecule has 3 N–H and O–H groups in total. The molecule has 0 unspecified atom stereocenters. The number of fused-ring (bicyclic) bond motifs is 1. The van der Waals surface area contributed by atoms with Crippen LogP contribution in [0.4, 0.5) is 26.3 Å². The maximum Gasteiger partial charge on any atom is 0.418 e. The summed E-state index contributed by atoms with van der Waals surface area (Å²) in [5.41, 5.74) is -4.05. The number of nitrogens with zero attached hydrogens (tertiary/aromatic N) is 1. The van der Waals surface area contributed by atoms with Gasteiger partial charge in [-0.25, -0.2) is 9.82 Å². The Balaban J connectivity index is 2.44. The van der Waals surface area contributed by atoms with Gasteiger partial charge in [-0.15, -0.1) is 0 Å². The molecular weight excluding hydrogens is 366 g/mol. The summed E-state index contributed by atoms with van der Waals surface area (Å²) in [5, 5.41) is 2.28. The highest BCUT2D eigenvalue weighted by molar-refractivity contribution is 6.14. The minimum atomic E-state index is -5.02. The molecule has 1 heterocycles. The lowest BCUT2D eigenvalue weighted by molar-refractivity contribution is -0.142. The SMILES string of the molecule is O=C(CNCl)NCc1nc2c(C(F)(F)F)cc(C(F)(F)F)cc2[nH]1. The number of hydrogen-bond acceptors (Lipinski definition) is 3.